The van der Waals surface area contributed by atoms with E-state index in [0.29, 0.717) is 11.9 Å². The first-order chi connectivity index (χ1) is 7.02. The second kappa shape index (κ2) is 5.35. The van der Waals surface area contributed by atoms with E-state index in [1.54, 1.807) is 0 Å². The molecule has 1 fully saturated rings. The quantitative estimate of drug-likeness (QED) is 0.545. The number of aliphatic imine (C=N–C) groups is 1. The summed E-state index contributed by atoms with van der Waals surface area (Å²) in [5, 5.41) is 3.30. The van der Waals surface area contributed by atoms with Gasteiger partial charge in [0.1, 0.15) is 0 Å². The van der Waals surface area contributed by atoms with Crippen molar-refractivity contribution in [2.75, 3.05) is 19.8 Å². The van der Waals surface area contributed by atoms with Crippen molar-refractivity contribution in [2.45, 2.75) is 39.2 Å². The van der Waals surface area contributed by atoms with Crippen LogP contribution in [0.5, 0.6) is 0 Å². The molecular weight excluding hydrogens is 190 g/mol. The van der Waals surface area contributed by atoms with Crippen LogP contribution >= 0.6 is 0 Å². The summed E-state index contributed by atoms with van der Waals surface area (Å²) >= 11 is 0. The van der Waals surface area contributed by atoms with E-state index in [4.69, 9.17) is 10.5 Å². The normalized spacial score (nSPS) is 21.7. The van der Waals surface area contributed by atoms with E-state index in [0.717, 1.165) is 32.6 Å². The molecule has 0 aromatic heterocycles. The molecule has 1 saturated heterocycles. The SMILES string of the molecule is CC(C)CN=C(N)NC1(C)CCOCC1. The Morgan fingerprint density at radius 3 is 2.60 bits per heavy atom. The molecule has 15 heavy (non-hydrogen) atoms. The van der Waals surface area contributed by atoms with Crippen molar-refractivity contribution in [3.05, 3.63) is 0 Å². The van der Waals surface area contributed by atoms with E-state index in [9.17, 15) is 0 Å². The Kier molecular flexibility index (Phi) is 4.39. The van der Waals surface area contributed by atoms with E-state index in [1.165, 1.54) is 0 Å². The van der Waals surface area contributed by atoms with Crippen LogP contribution < -0.4 is 11.1 Å². The highest BCUT2D eigenvalue weighted by molar-refractivity contribution is 5.78. The van der Waals surface area contributed by atoms with Crippen LogP contribution in [0.15, 0.2) is 4.99 Å². The number of rotatable bonds is 3. The summed E-state index contributed by atoms with van der Waals surface area (Å²) in [5.74, 6) is 1.11. The smallest absolute Gasteiger partial charge is 0.189 e. The van der Waals surface area contributed by atoms with Crippen LogP contribution in [0.2, 0.25) is 0 Å². The molecule has 1 aliphatic heterocycles. The predicted octanol–water partition coefficient (Wildman–Crippen LogP) is 1.12. The molecule has 3 N–H and O–H groups in total. The molecule has 0 atom stereocenters. The molecule has 1 aliphatic rings. The number of guanidine groups is 1. The Labute approximate surface area is 92.3 Å². The largest absolute Gasteiger partial charge is 0.381 e. The Bertz CT molecular complexity index is 220. The Balaban J connectivity index is 2.41. The number of ether oxygens (including phenoxy) is 1. The number of nitrogens with two attached hydrogens (primary N) is 1. The van der Waals surface area contributed by atoms with Crippen molar-refractivity contribution in [2.24, 2.45) is 16.6 Å². The van der Waals surface area contributed by atoms with Crippen molar-refractivity contribution < 1.29 is 4.74 Å². The third kappa shape index (κ3) is 4.51. The monoisotopic (exact) mass is 213 g/mol. The van der Waals surface area contributed by atoms with Gasteiger partial charge >= 0.3 is 0 Å². The molecule has 0 bridgehead atoms. The molecule has 0 spiro atoms. The van der Waals surface area contributed by atoms with Crippen LogP contribution in [-0.4, -0.2) is 31.3 Å². The minimum absolute atomic E-state index is 0.0583. The van der Waals surface area contributed by atoms with Crippen LogP contribution in [0.3, 0.4) is 0 Å². The second-order valence-corrected chi connectivity index (χ2v) is 4.92. The van der Waals surface area contributed by atoms with E-state index in [-0.39, 0.29) is 5.54 Å². The summed E-state index contributed by atoms with van der Waals surface area (Å²) in [6, 6.07) is 0. The molecule has 0 aromatic carbocycles. The summed E-state index contributed by atoms with van der Waals surface area (Å²) in [7, 11) is 0. The van der Waals surface area contributed by atoms with Gasteiger partial charge in [-0.3, -0.25) is 4.99 Å². The Hall–Kier alpha value is -0.770. The first-order valence-electron chi connectivity index (χ1n) is 5.68. The highest BCUT2D eigenvalue weighted by Crippen LogP contribution is 2.19. The van der Waals surface area contributed by atoms with Gasteiger partial charge in [0.05, 0.1) is 0 Å². The summed E-state index contributed by atoms with van der Waals surface area (Å²) in [4.78, 5) is 4.31. The summed E-state index contributed by atoms with van der Waals surface area (Å²) in [6.45, 7) is 8.83. The van der Waals surface area contributed by atoms with Crippen LogP contribution in [0.25, 0.3) is 0 Å². The average molecular weight is 213 g/mol. The number of hydrogen-bond donors (Lipinski definition) is 2. The lowest BCUT2D eigenvalue weighted by atomic mass is 9.93. The van der Waals surface area contributed by atoms with Crippen molar-refractivity contribution in [1.29, 1.82) is 0 Å². The lowest BCUT2D eigenvalue weighted by Gasteiger charge is -2.34. The molecule has 88 valence electrons. The summed E-state index contributed by atoms with van der Waals surface area (Å²) < 4.78 is 5.32. The maximum atomic E-state index is 5.84. The van der Waals surface area contributed by atoms with Crippen LogP contribution in [-0.2, 0) is 4.74 Å². The van der Waals surface area contributed by atoms with Gasteiger partial charge in [-0.25, -0.2) is 0 Å². The molecule has 0 aromatic rings. The Morgan fingerprint density at radius 2 is 2.07 bits per heavy atom. The van der Waals surface area contributed by atoms with Gasteiger partial charge in [-0.15, -0.1) is 0 Å². The molecule has 4 heteroatoms. The van der Waals surface area contributed by atoms with Crippen molar-refractivity contribution in [3.63, 3.8) is 0 Å². The fraction of sp³-hybridized carbons (Fsp3) is 0.909. The predicted molar refractivity (Wildman–Crippen MR) is 62.9 cm³/mol. The lowest BCUT2D eigenvalue weighted by Crippen LogP contribution is -2.52. The van der Waals surface area contributed by atoms with E-state index >= 15 is 0 Å². The summed E-state index contributed by atoms with van der Waals surface area (Å²) in [6.07, 6.45) is 1.98. The molecule has 0 amide bonds. The topological polar surface area (TPSA) is 59.6 Å². The third-order valence-corrected chi connectivity index (χ3v) is 2.65. The molecule has 1 rings (SSSR count). The fourth-order valence-corrected chi connectivity index (χ4v) is 1.58. The highest BCUT2D eigenvalue weighted by Gasteiger charge is 2.27. The van der Waals surface area contributed by atoms with E-state index in [2.05, 4.69) is 31.1 Å². The second-order valence-electron chi connectivity index (χ2n) is 4.92. The number of hydrogen-bond acceptors (Lipinski definition) is 2. The maximum absolute atomic E-state index is 5.84. The van der Waals surface area contributed by atoms with Crippen molar-refractivity contribution in [3.8, 4) is 0 Å². The average Bonchev–Trinajstić information content (AvgIpc) is 2.15. The standard InChI is InChI=1S/C11H23N3O/c1-9(2)8-13-10(12)14-11(3)4-6-15-7-5-11/h9H,4-8H2,1-3H3,(H3,12,13,14). The van der Waals surface area contributed by atoms with Gasteiger partial charge in [0.15, 0.2) is 5.96 Å². The molecular formula is C11H23N3O. The van der Waals surface area contributed by atoms with Crippen LogP contribution in [0.4, 0.5) is 0 Å². The zero-order valence-corrected chi connectivity index (χ0v) is 10.0. The molecule has 0 aliphatic carbocycles. The molecule has 4 nitrogen and oxygen atoms in total. The van der Waals surface area contributed by atoms with Gasteiger partial charge in [0.25, 0.3) is 0 Å². The molecule has 0 radical (unpaired) electrons. The first kappa shape index (κ1) is 12.3. The molecule has 0 saturated carbocycles. The van der Waals surface area contributed by atoms with Gasteiger partial charge < -0.3 is 15.8 Å². The first-order valence-corrected chi connectivity index (χ1v) is 5.68. The van der Waals surface area contributed by atoms with Gasteiger partial charge in [-0.2, -0.15) is 0 Å². The van der Waals surface area contributed by atoms with Crippen molar-refractivity contribution >= 4 is 5.96 Å². The third-order valence-electron chi connectivity index (χ3n) is 2.65. The zero-order chi connectivity index (χ0) is 11.3. The van der Waals surface area contributed by atoms with Crippen molar-refractivity contribution in [1.82, 2.24) is 5.32 Å². The van der Waals surface area contributed by atoms with E-state index < -0.39 is 0 Å². The fourth-order valence-electron chi connectivity index (χ4n) is 1.58. The van der Waals surface area contributed by atoms with Crippen LogP contribution in [0.1, 0.15) is 33.6 Å². The molecule has 1 heterocycles. The Morgan fingerprint density at radius 1 is 1.47 bits per heavy atom. The number of nitrogens with one attached hydrogen (secondary N) is 1. The maximum Gasteiger partial charge on any atom is 0.189 e. The minimum atomic E-state index is 0.0583. The highest BCUT2D eigenvalue weighted by atomic mass is 16.5. The minimum Gasteiger partial charge on any atom is -0.381 e. The molecule has 0 unspecified atom stereocenters. The van der Waals surface area contributed by atoms with Gasteiger partial charge in [0, 0.05) is 25.3 Å². The number of nitrogens with zero attached hydrogens (tertiary/aromatic N) is 1. The van der Waals surface area contributed by atoms with Gasteiger partial charge in [0.2, 0.25) is 0 Å². The zero-order valence-electron chi connectivity index (χ0n) is 10.0. The lowest BCUT2D eigenvalue weighted by molar-refractivity contribution is 0.0523. The van der Waals surface area contributed by atoms with E-state index in [1.807, 2.05) is 0 Å². The van der Waals surface area contributed by atoms with Crippen LogP contribution in [0, 0.1) is 5.92 Å². The van der Waals surface area contributed by atoms with Gasteiger partial charge in [-0.05, 0) is 25.7 Å². The van der Waals surface area contributed by atoms with Gasteiger partial charge in [-0.1, -0.05) is 13.8 Å². The summed E-state index contributed by atoms with van der Waals surface area (Å²) in [5.41, 5.74) is 5.89.